The van der Waals surface area contributed by atoms with Crippen LogP contribution in [0.25, 0.3) is 0 Å². The number of nitrogens with zero attached hydrogens (tertiary/aromatic N) is 2. The lowest BCUT2D eigenvalue weighted by molar-refractivity contribution is -0.196. The Morgan fingerprint density at radius 2 is 1.90 bits per heavy atom. The average Bonchev–Trinajstić information content (AvgIpc) is 2.75. The van der Waals surface area contributed by atoms with Gasteiger partial charge in [0.1, 0.15) is 0 Å². The van der Waals surface area contributed by atoms with Crippen LogP contribution in [0.2, 0.25) is 0 Å². The molecule has 0 saturated heterocycles. The van der Waals surface area contributed by atoms with E-state index in [1.807, 2.05) is 0 Å². The molecule has 1 rings (SSSR count). The van der Waals surface area contributed by atoms with E-state index < -0.39 is 23.7 Å². The Hall–Kier alpha value is -2.51. The van der Waals surface area contributed by atoms with Crippen LogP contribution < -0.4 is 0 Å². The van der Waals surface area contributed by atoms with Crippen molar-refractivity contribution in [2.24, 2.45) is 0 Å². The van der Waals surface area contributed by atoms with Crippen LogP contribution >= 0.6 is 0 Å². The zero-order valence-electron chi connectivity index (χ0n) is 10.9. The predicted octanol–water partition coefficient (Wildman–Crippen LogP) is -0.455. The van der Waals surface area contributed by atoms with Crippen molar-refractivity contribution in [1.29, 1.82) is 0 Å². The molecule has 0 radical (unpaired) electrons. The minimum atomic E-state index is -0.786. The molecule has 0 aromatic carbocycles. The molecule has 0 bridgehead atoms. The first-order valence-electron chi connectivity index (χ1n) is 6.01. The molecule has 20 heavy (non-hydrogen) atoms. The maximum atomic E-state index is 11.4. The van der Waals surface area contributed by atoms with Gasteiger partial charge in [0.05, 0.1) is 0 Å². The van der Waals surface area contributed by atoms with Gasteiger partial charge in [-0.2, -0.15) is 0 Å². The van der Waals surface area contributed by atoms with E-state index in [-0.39, 0.29) is 32.2 Å². The molecular weight excluding hydrogens is 268 g/mol. The molecule has 0 saturated carbocycles. The Kier molecular flexibility index (Phi) is 5.57. The third kappa shape index (κ3) is 4.01. The van der Waals surface area contributed by atoms with Crippen LogP contribution in [0.3, 0.4) is 0 Å². The summed E-state index contributed by atoms with van der Waals surface area (Å²) in [6.07, 6.45) is 2.49. The van der Waals surface area contributed by atoms with Crippen LogP contribution in [-0.4, -0.2) is 46.6 Å². The Labute approximate surface area is 114 Å². The zero-order chi connectivity index (χ0) is 15.1. The zero-order valence-corrected chi connectivity index (χ0v) is 10.9. The normalized spacial score (nSPS) is 13.6. The van der Waals surface area contributed by atoms with Crippen LogP contribution in [-0.2, 0) is 28.8 Å². The largest absolute Gasteiger partial charge is 0.333 e. The minimum absolute atomic E-state index is 0.0223. The SMILES string of the molecule is CCC(=O)N(C=O)OC(=O)CCCN1C(=O)C=CC1=O. The van der Waals surface area contributed by atoms with Crippen LogP contribution in [0.1, 0.15) is 26.2 Å². The summed E-state index contributed by atoms with van der Waals surface area (Å²) in [5, 5.41) is 0.329. The van der Waals surface area contributed by atoms with E-state index in [1.54, 1.807) is 0 Å². The van der Waals surface area contributed by atoms with Gasteiger partial charge < -0.3 is 4.84 Å². The maximum Gasteiger partial charge on any atom is 0.333 e. The predicted molar refractivity (Wildman–Crippen MR) is 64.4 cm³/mol. The van der Waals surface area contributed by atoms with E-state index in [0.29, 0.717) is 5.06 Å². The average molecular weight is 282 g/mol. The van der Waals surface area contributed by atoms with E-state index in [2.05, 4.69) is 4.84 Å². The summed E-state index contributed by atoms with van der Waals surface area (Å²) in [4.78, 5) is 61.0. The molecule has 0 N–H and O–H groups in total. The number of carbonyl (C=O) groups is 5. The van der Waals surface area contributed by atoms with Gasteiger partial charge in [0.2, 0.25) is 0 Å². The first-order chi connectivity index (χ1) is 9.49. The van der Waals surface area contributed by atoms with E-state index >= 15 is 0 Å². The van der Waals surface area contributed by atoms with Gasteiger partial charge in [-0.15, -0.1) is 5.06 Å². The fraction of sp³-hybridized carbons (Fsp3) is 0.417. The third-order valence-electron chi connectivity index (χ3n) is 2.51. The highest BCUT2D eigenvalue weighted by Gasteiger charge is 2.23. The summed E-state index contributed by atoms with van der Waals surface area (Å²) >= 11 is 0. The lowest BCUT2D eigenvalue weighted by Gasteiger charge is -2.15. The van der Waals surface area contributed by atoms with Gasteiger partial charge in [0, 0.05) is 31.5 Å². The van der Waals surface area contributed by atoms with Gasteiger partial charge in [-0.3, -0.25) is 24.1 Å². The second-order valence-electron chi connectivity index (χ2n) is 3.91. The molecule has 1 aliphatic rings. The van der Waals surface area contributed by atoms with Gasteiger partial charge >= 0.3 is 5.97 Å². The number of imide groups is 2. The summed E-state index contributed by atoms with van der Waals surface area (Å²) in [6.45, 7) is 1.59. The number of hydrogen-bond donors (Lipinski definition) is 0. The maximum absolute atomic E-state index is 11.4. The second-order valence-corrected chi connectivity index (χ2v) is 3.91. The first-order valence-corrected chi connectivity index (χ1v) is 6.01. The lowest BCUT2D eigenvalue weighted by Crippen LogP contribution is -2.33. The number of hydroxylamine groups is 2. The summed E-state index contributed by atoms with van der Waals surface area (Å²) < 4.78 is 0. The fourth-order valence-corrected chi connectivity index (χ4v) is 1.48. The standard InChI is InChI=1S/C12H14N2O6/c1-2-9(16)14(8-15)20-12(19)4-3-7-13-10(17)5-6-11(13)18/h5-6,8H,2-4,7H2,1H3. The molecule has 108 valence electrons. The number of amides is 4. The van der Waals surface area contributed by atoms with E-state index in [9.17, 15) is 24.0 Å². The van der Waals surface area contributed by atoms with Gasteiger partial charge in [0.15, 0.2) is 0 Å². The molecule has 0 aromatic heterocycles. The summed E-state index contributed by atoms with van der Waals surface area (Å²) in [5.41, 5.74) is 0. The van der Waals surface area contributed by atoms with Crippen molar-refractivity contribution in [1.82, 2.24) is 9.96 Å². The number of hydrogen-bond acceptors (Lipinski definition) is 6. The molecule has 1 aliphatic heterocycles. The van der Waals surface area contributed by atoms with E-state index in [1.165, 1.54) is 6.92 Å². The summed E-state index contributed by atoms with van der Waals surface area (Å²) in [6, 6.07) is 0. The van der Waals surface area contributed by atoms with Gasteiger partial charge in [-0.25, -0.2) is 4.79 Å². The van der Waals surface area contributed by atoms with Crippen molar-refractivity contribution in [3.05, 3.63) is 12.2 Å². The quantitative estimate of drug-likeness (QED) is 0.371. The monoisotopic (exact) mass is 282 g/mol. The molecular formula is C12H14N2O6. The molecule has 0 spiro atoms. The molecule has 0 fully saturated rings. The van der Waals surface area contributed by atoms with Crippen molar-refractivity contribution in [2.75, 3.05) is 6.54 Å². The molecule has 1 heterocycles. The van der Waals surface area contributed by atoms with Crippen molar-refractivity contribution in [3.8, 4) is 0 Å². The van der Waals surface area contributed by atoms with Crippen molar-refractivity contribution in [3.63, 3.8) is 0 Å². The Balaban J connectivity index is 2.33. The Bertz CT molecular complexity index is 453. The third-order valence-corrected chi connectivity index (χ3v) is 2.51. The highest BCUT2D eigenvalue weighted by atomic mass is 16.7. The molecule has 0 aromatic rings. The highest BCUT2D eigenvalue weighted by Crippen LogP contribution is 2.06. The fourth-order valence-electron chi connectivity index (χ4n) is 1.48. The molecule has 0 aliphatic carbocycles. The Morgan fingerprint density at radius 1 is 1.30 bits per heavy atom. The van der Waals surface area contributed by atoms with Crippen molar-refractivity contribution >= 4 is 30.1 Å². The molecule has 4 amide bonds. The minimum Gasteiger partial charge on any atom is -0.331 e. The van der Waals surface area contributed by atoms with E-state index in [0.717, 1.165) is 17.1 Å². The molecule has 8 heteroatoms. The molecule has 8 nitrogen and oxygen atoms in total. The topological polar surface area (TPSA) is 101 Å². The number of rotatable bonds is 6. The van der Waals surface area contributed by atoms with Crippen LogP contribution in [0.4, 0.5) is 0 Å². The van der Waals surface area contributed by atoms with Crippen molar-refractivity contribution in [2.45, 2.75) is 26.2 Å². The molecule has 0 atom stereocenters. The summed E-state index contributed by atoms with van der Waals surface area (Å²) in [7, 11) is 0. The lowest BCUT2D eigenvalue weighted by atomic mass is 10.3. The van der Waals surface area contributed by atoms with Crippen molar-refractivity contribution < 1.29 is 28.8 Å². The van der Waals surface area contributed by atoms with Gasteiger partial charge in [-0.05, 0) is 6.42 Å². The molecule has 0 unspecified atom stereocenters. The van der Waals surface area contributed by atoms with Crippen LogP contribution in [0, 0.1) is 0 Å². The van der Waals surface area contributed by atoms with Crippen LogP contribution in [0.15, 0.2) is 12.2 Å². The van der Waals surface area contributed by atoms with Gasteiger partial charge in [0.25, 0.3) is 24.1 Å². The second kappa shape index (κ2) is 7.17. The number of carbonyl (C=O) groups excluding carboxylic acids is 5. The first kappa shape index (κ1) is 15.5. The summed E-state index contributed by atoms with van der Waals surface area (Å²) in [5.74, 6) is -2.29. The highest BCUT2D eigenvalue weighted by molar-refractivity contribution is 6.12. The van der Waals surface area contributed by atoms with Gasteiger partial charge in [-0.1, -0.05) is 6.92 Å². The van der Waals surface area contributed by atoms with E-state index in [4.69, 9.17) is 0 Å². The van der Waals surface area contributed by atoms with Crippen LogP contribution in [0.5, 0.6) is 0 Å². The Morgan fingerprint density at radius 3 is 2.40 bits per heavy atom. The smallest absolute Gasteiger partial charge is 0.331 e.